The molecule has 1 aliphatic carbocycles. The molecule has 1 aliphatic heterocycles. The highest BCUT2D eigenvalue weighted by Crippen LogP contribution is 2.27. The first-order chi connectivity index (χ1) is 14.3. The summed E-state index contributed by atoms with van der Waals surface area (Å²) in [6.07, 6.45) is 4.14. The number of hydrogen-bond acceptors (Lipinski definition) is 5. The van der Waals surface area contributed by atoms with E-state index >= 15 is 0 Å². The summed E-state index contributed by atoms with van der Waals surface area (Å²) in [6.45, 7) is 3.98. The van der Waals surface area contributed by atoms with Gasteiger partial charge >= 0.3 is 0 Å². The number of hydrogen-bond donors (Lipinski definition) is 2. The van der Waals surface area contributed by atoms with E-state index in [2.05, 4.69) is 15.7 Å². The summed E-state index contributed by atoms with van der Waals surface area (Å²) in [5.41, 5.74) is -0.642. The van der Waals surface area contributed by atoms with Gasteiger partial charge in [0.15, 0.2) is 5.69 Å². The monoisotopic (exact) mass is 413 g/mol. The van der Waals surface area contributed by atoms with Gasteiger partial charge in [-0.3, -0.25) is 19.1 Å². The Morgan fingerprint density at radius 3 is 2.70 bits per heavy atom. The predicted molar refractivity (Wildman–Crippen MR) is 108 cm³/mol. The molecule has 30 heavy (non-hydrogen) atoms. The average molecular weight is 413 g/mol. The molecule has 2 N–H and O–H groups in total. The van der Waals surface area contributed by atoms with Crippen molar-refractivity contribution >= 4 is 17.7 Å². The second-order valence-corrected chi connectivity index (χ2v) is 8.36. The van der Waals surface area contributed by atoms with Crippen LogP contribution < -0.4 is 10.6 Å². The van der Waals surface area contributed by atoms with Crippen molar-refractivity contribution in [1.29, 1.82) is 0 Å². The number of likely N-dealkylation sites (N-methyl/N-ethyl adjacent to an activating group) is 1. The lowest BCUT2D eigenvalue weighted by Crippen LogP contribution is -2.63. The zero-order chi connectivity index (χ0) is 21.5. The van der Waals surface area contributed by atoms with E-state index in [-0.39, 0.29) is 36.6 Å². The van der Waals surface area contributed by atoms with E-state index in [4.69, 9.17) is 4.42 Å². The molecule has 3 amide bonds. The maximum Gasteiger partial charge on any atom is 0.272 e. The minimum absolute atomic E-state index is 0.135. The van der Waals surface area contributed by atoms with Crippen molar-refractivity contribution in [3.8, 4) is 0 Å². The van der Waals surface area contributed by atoms with Gasteiger partial charge in [-0.2, -0.15) is 5.10 Å². The Balaban J connectivity index is 1.49. The summed E-state index contributed by atoms with van der Waals surface area (Å²) in [7, 11) is 1.62. The number of fused-ring (bicyclic) bond motifs is 1. The smallest absolute Gasteiger partial charge is 0.272 e. The lowest BCUT2D eigenvalue weighted by molar-refractivity contribution is -0.133. The second-order valence-electron chi connectivity index (χ2n) is 8.36. The van der Waals surface area contributed by atoms with Crippen LogP contribution in [0.5, 0.6) is 0 Å². The number of furan rings is 1. The van der Waals surface area contributed by atoms with Crippen LogP contribution in [0, 0.1) is 6.92 Å². The van der Waals surface area contributed by atoms with Crippen molar-refractivity contribution in [3.63, 3.8) is 0 Å². The highest BCUT2D eigenvalue weighted by Gasteiger charge is 2.46. The summed E-state index contributed by atoms with van der Waals surface area (Å²) in [5, 5.41) is 10.1. The van der Waals surface area contributed by atoms with E-state index in [1.165, 1.54) is 15.6 Å². The van der Waals surface area contributed by atoms with Crippen molar-refractivity contribution in [2.24, 2.45) is 0 Å². The molecular formula is C21H27N5O4. The Hall–Kier alpha value is -3.10. The third-order valence-corrected chi connectivity index (χ3v) is 6.13. The SMILES string of the molecule is Cc1ccc(CNC(=O)c2cc3n(n2)CC(C)(C(=O)NC2CCCC2)N(C)C3=O)o1. The minimum atomic E-state index is -1.07. The molecule has 1 atom stereocenters. The van der Waals surface area contributed by atoms with Crippen molar-refractivity contribution < 1.29 is 18.8 Å². The van der Waals surface area contributed by atoms with Crippen LogP contribution in [0.2, 0.25) is 0 Å². The number of amides is 3. The Kier molecular flexibility index (Phi) is 5.13. The van der Waals surface area contributed by atoms with Crippen molar-refractivity contribution in [3.05, 3.63) is 41.1 Å². The van der Waals surface area contributed by atoms with Crippen LogP contribution in [0.3, 0.4) is 0 Å². The zero-order valence-corrected chi connectivity index (χ0v) is 17.5. The molecule has 1 unspecified atom stereocenters. The fourth-order valence-electron chi connectivity index (χ4n) is 4.09. The first-order valence-electron chi connectivity index (χ1n) is 10.3. The summed E-state index contributed by atoms with van der Waals surface area (Å²) < 4.78 is 6.91. The third-order valence-electron chi connectivity index (χ3n) is 6.13. The second kappa shape index (κ2) is 7.62. The average Bonchev–Trinajstić information content (AvgIpc) is 3.45. The van der Waals surface area contributed by atoms with Crippen molar-refractivity contribution in [2.45, 2.75) is 64.2 Å². The number of carbonyl (C=O) groups excluding carboxylic acids is 3. The molecule has 160 valence electrons. The number of rotatable bonds is 5. The predicted octanol–water partition coefficient (Wildman–Crippen LogP) is 1.62. The molecule has 1 fully saturated rings. The van der Waals surface area contributed by atoms with Crippen molar-refractivity contribution in [2.75, 3.05) is 7.05 Å². The normalized spacial score (nSPS) is 21.6. The van der Waals surface area contributed by atoms with Crippen LogP contribution in [-0.2, 0) is 17.9 Å². The van der Waals surface area contributed by atoms with Crippen molar-refractivity contribution in [1.82, 2.24) is 25.3 Å². The highest BCUT2D eigenvalue weighted by molar-refractivity contribution is 6.01. The van der Waals surface area contributed by atoms with Gasteiger partial charge in [0, 0.05) is 19.2 Å². The molecule has 2 aliphatic rings. The molecule has 3 heterocycles. The van der Waals surface area contributed by atoms with E-state index < -0.39 is 11.4 Å². The zero-order valence-electron chi connectivity index (χ0n) is 17.5. The van der Waals surface area contributed by atoms with E-state index in [1.807, 2.05) is 13.0 Å². The van der Waals surface area contributed by atoms with Gasteiger partial charge in [-0.05, 0) is 38.8 Å². The molecule has 0 radical (unpaired) electrons. The molecule has 2 aromatic rings. The Labute approximate surface area is 174 Å². The van der Waals surface area contributed by atoms with Gasteiger partial charge in [-0.1, -0.05) is 12.8 Å². The molecular weight excluding hydrogens is 386 g/mol. The van der Waals surface area contributed by atoms with Crippen LogP contribution in [0.1, 0.15) is 65.1 Å². The summed E-state index contributed by atoms with van der Waals surface area (Å²) in [5.74, 6) is 0.472. The summed E-state index contributed by atoms with van der Waals surface area (Å²) in [6, 6.07) is 5.24. The molecule has 2 aromatic heterocycles. The van der Waals surface area contributed by atoms with E-state index in [0.717, 1.165) is 31.4 Å². The highest BCUT2D eigenvalue weighted by atomic mass is 16.3. The Morgan fingerprint density at radius 2 is 2.03 bits per heavy atom. The lowest BCUT2D eigenvalue weighted by atomic mass is 9.95. The fraction of sp³-hybridized carbons (Fsp3) is 0.524. The van der Waals surface area contributed by atoms with Gasteiger partial charge in [0.1, 0.15) is 22.8 Å². The Morgan fingerprint density at radius 1 is 1.30 bits per heavy atom. The minimum Gasteiger partial charge on any atom is -0.465 e. The standard InChI is InChI=1S/C21H27N5O4/c1-13-8-9-15(30-13)11-22-18(27)16-10-17-19(28)25(3)21(2,12-26(17)24-16)20(29)23-14-6-4-5-7-14/h8-10,14H,4-7,11-12H2,1-3H3,(H,22,27)(H,23,29). The molecule has 1 saturated carbocycles. The topological polar surface area (TPSA) is 109 Å². The molecule has 0 saturated heterocycles. The van der Waals surface area contributed by atoms with Gasteiger partial charge in [0.2, 0.25) is 5.91 Å². The van der Waals surface area contributed by atoms with Gasteiger partial charge in [0.05, 0.1) is 13.1 Å². The molecule has 9 nitrogen and oxygen atoms in total. The number of aryl methyl sites for hydroxylation is 1. The first-order valence-corrected chi connectivity index (χ1v) is 10.3. The number of aromatic nitrogens is 2. The van der Waals surface area contributed by atoms with Crippen LogP contribution in [0.15, 0.2) is 22.6 Å². The van der Waals surface area contributed by atoms with Crippen LogP contribution in [0.25, 0.3) is 0 Å². The molecule has 9 heteroatoms. The largest absolute Gasteiger partial charge is 0.465 e. The van der Waals surface area contributed by atoms with E-state index in [1.54, 1.807) is 20.0 Å². The molecule has 0 aromatic carbocycles. The van der Waals surface area contributed by atoms with Gasteiger partial charge in [-0.25, -0.2) is 0 Å². The van der Waals surface area contributed by atoms with Gasteiger partial charge < -0.3 is 20.0 Å². The van der Waals surface area contributed by atoms with Crippen LogP contribution in [0.4, 0.5) is 0 Å². The Bertz CT molecular complexity index is 987. The number of nitrogens with one attached hydrogen (secondary N) is 2. The third kappa shape index (κ3) is 3.59. The number of carbonyl (C=O) groups is 3. The van der Waals surface area contributed by atoms with E-state index in [9.17, 15) is 14.4 Å². The number of nitrogens with zero attached hydrogens (tertiary/aromatic N) is 3. The fourth-order valence-corrected chi connectivity index (χ4v) is 4.09. The lowest BCUT2D eigenvalue weighted by Gasteiger charge is -2.41. The van der Waals surface area contributed by atoms with Crippen LogP contribution >= 0.6 is 0 Å². The maximum absolute atomic E-state index is 13.0. The quantitative estimate of drug-likeness (QED) is 0.774. The van der Waals surface area contributed by atoms with Crippen LogP contribution in [-0.4, -0.2) is 51.0 Å². The summed E-state index contributed by atoms with van der Waals surface area (Å²) >= 11 is 0. The molecule has 0 spiro atoms. The first kappa shape index (κ1) is 20.2. The van der Waals surface area contributed by atoms with Gasteiger partial charge in [-0.15, -0.1) is 0 Å². The van der Waals surface area contributed by atoms with E-state index in [0.29, 0.717) is 11.5 Å². The maximum atomic E-state index is 13.0. The summed E-state index contributed by atoms with van der Waals surface area (Å²) in [4.78, 5) is 39.9. The van der Waals surface area contributed by atoms with Gasteiger partial charge in [0.25, 0.3) is 11.8 Å². The molecule has 0 bridgehead atoms. The molecule has 4 rings (SSSR count).